The molecule has 3 N–H and O–H groups in total. The number of pyridine rings is 1. The van der Waals surface area contributed by atoms with Crippen molar-refractivity contribution in [2.45, 2.75) is 69.9 Å². The molecule has 1 aliphatic carbocycles. The predicted octanol–water partition coefficient (Wildman–Crippen LogP) is 7.05. The molecule has 1 saturated carbocycles. The highest BCUT2D eigenvalue weighted by Crippen LogP contribution is 2.46. The molecule has 2 fully saturated rings. The fourth-order valence-electron chi connectivity index (χ4n) is 6.11. The molecule has 3 aromatic carbocycles. The third-order valence-corrected chi connectivity index (χ3v) is 8.56. The zero-order valence-corrected chi connectivity index (χ0v) is 25.0. The van der Waals surface area contributed by atoms with Crippen LogP contribution in [0.5, 0.6) is 5.75 Å². The highest BCUT2D eigenvalue weighted by Gasteiger charge is 2.46. The summed E-state index contributed by atoms with van der Waals surface area (Å²) in [5.74, 6) is 0.301. The second kappa shape index (κ2) is 11.9. The smallest absolute Gasteiger partial charge is 0.416 e. The van der Waals surface area contributed by atoms with Crippen LogP contribution in [0.2, 0.25) is 0 Å². The van der Waals surface area contributed by atoms with Gasteiger partial charge >= 0.3 is 6.18 Å². The van der Waals surface area contributed by atoms with E-state index in [1.165, 1.54) is 6.07 Å². The van der Waals surface area contributed by atoms with Gasteiger partial charge in [-0.3, -0.25) is 9.69 Å². The van der Waals surface area contributed by atoms with E-state index in [4.69, 9.17) is 15.5 Å². The van der Waals surface area contributed by atoms with Crippen LogP contribution in [0, 0.1) is 0 Å². The van der Waals surface area contributed by atoms with Gasteiger partial charge in [-0.1, -0.05) is 42.5 Å². The van der Waals surface area contributed by atoms with Crippen molar-refractivity contribution >= 4 is 16.8 Å². The first-order valence-corrected chi connectivity index (χ1v) is 15.2. The number of rotatable bonds is 8. The summed E-state index contributed by atoms with van der Waals surface area (Å²) in [6.45, 7) is 5.62. The first-order valence-electron chi connectivity index (χ1n) is 15.2. The number of aromatic nitrogens is 1. The van der Waals surface area contributed by atoms with E-state index in [1.807, 2.05) is 56.3 Å². The van der Waals surface area contributed by atoms with Crippen LogP contribution in [0.1, 0.15) is 66.6 Å². The summed E-state index contributed by atoms with van der Waals surface area (Å²) in [6, 6.07) is 20.6. The molecule has 44 heavy (non-hydrogen) atoms. The van der Waals surface area contributed by atoms with Crippen LogP contribution in [-0.4, -0.2) is 41.0 Å². The number of carbonyl (C=O) groups is 1. The monoisotopic (exact) mass is 602 g/mol. The summed E-state index contributed by atoms with van der Waals surface area (Å²) in [5, 5.41) is 3.95. The summed E-state index contributed by atoms with van der Waals surface area (Å²) in [4.78, 5) is 21.6. The van der Waals surface area contributed by atoms with E-state index >= 15 is 0 Å². The van der Waals surface area contributed by atoms with E-state index < -0.39 is 17.3 Å². The molecule has 2 aliphatic rings. The Kier molecular flexibility index (Phi) is 8.11. The normalized spacial score (nSPS) is 17.2. The maximum absolute atomic E-state index is 14.5. The fourth-order valence-corrected chi connectivity index (χ4v) is 6.11. The van der Waals surface area contributed by atoms with Crippen LogP contribution in [0.15, 0.2) is 72.8 Å². The summed E-state index contributed by atoms with van der Waals surface area (Å²) in [6.07, 6.45) is -1.41. The number of halogens is 3. The summed E-state index contributed by atoms with van der Waals surface area (Å²) < 4.78 is 47.5. The Morgan fingerprint density at radius 2 is 1.77 bits per heavy atom. The van der Waals surface area contributed by atoms with E-state index in [1.54, 1.807) is 12.1 Å². The summed E-state index contributed by atoms with van der Waals surface area (Å²) in [7, 11) is 0. The van der Waals surface area contributed by atoms with Gasteiger partial charge in [0.25, 0.3) is 5.91 Å². The number of likely N-dealkylation sites (tertiary alicyclic amines) is 1. The number of nitrogens with zero attached hydrogens (tertiary/aromatic N) is 2. The molecular weight excluding hydrogens is 565 g/mol. The van der Waals surface area contributed by atoms with Crippen molar-refractivity contribution in [1.29, 1.82) is 0 Å². The highest BCUT2D eigenvalue weighted by atomic mass is 19.4. The minimum atomic E-state index is -4.53. The number of amides is 1. The van der Waals surface area contributed by atoms with Crippen LogP contribution >= 0.6 is 0 Å². The van der Waals surface area contributed by atoms with Gasteiger partial charge in [0, 0.05) is 35.2 Å². The molecule has 0 radical (unpaired) electrons. The molecule has 0 spiro atoms. The summed E-state index contributed by atoms with van der Waals surface area (Å²) in [5.41, 5.74) is 8.13. The van der Waals surface area contributed by atoms with Crippen LogP contribution in [0.25, 0.3) is 22.2 Å². The first-order chi connectivity index (χ1) is 21.0. The number of alkyl halides is 3. The molecule has 1 aromatic heterocycles. The molecule has 1 aliphatic heterocycles. The Morgan fingerprint density at radius 1 is 1.05 bits per heavy atom. The Labute approximate surface area is 255 Å². The number of nitrogens with one attached hydrogen (secondary N) is 1. The maximum Gasteiger partial charge on any atom is 0.416 e. The second-order valence-corrected chi connectivity index (χ2v) is 12.3. The lowest BCUT2D eigenvalue weighted by Crippen LogP contribution is -2.40. The highest BCUT2D eigenvalue weighted by molar-refractivity contribution is 6.09. The fraction of sp³-hybridized carbons (Fsp3) is 0.371. The van der Waals surface area contributed by atoms with E-state index in [-0.39, 0.29) is 18.1 Å². The average Bonchev–Trinajstić information content (AvgIpc) is 3.78. The molecular formula is C35H37F3N4O2. The predicted molar refractivity (Wildman–Crippen MR) is 165 cm³/mol. The molecule has 230 valence electrons. The van der Waals surface area contributed by atoms with Crippen molar-refractivity contribution in [3.05, 3.63) is 95.1 Å². The quantitative estimate of drug-likeness (QED) is 0.226. The lowest BCUT2D eigenvalue weighted by molar-refractivity contribution is -0.137. The third kappa shape index (κ3) is 6.30. The zero-order valence-electron chi connectivity index (χ0n) is 25.0. The molecule has 6 rings (SSSR count). The molecule has 2 heterocycles. The van der Waals surface area contributed by atoms with E-state index in [2.05, 4.69) is 10.2 Å². The van der Waals surface area contributed by atoms with Gasteiger partial charge in [0.15, 0.2) is 0 Å². The van der Waals surface area contributed by atoms with Crippen LogP contribution in [0.3, 0.4) is 0 Å². The number of piperidine rings is 1. The van der Waals surface area contributed by atoms with Crippen LogP contribution in [0.4, 0.5) is 13.2 Å². The SMILES string of the molecule is CC(C)Oc1ccc2c(C(=O)NC3(c4ccccc4)CC3)c(CN3CCC(N)CC3)c(-c3cccc(C(F)(F)F)c3)nc2c1. The van der Waals surface area contributed by atoms with Gasteiger partial charge in [-0.15, -0.1) is 0 Å². The molecule has 1 amide bonds. The number of nitrogens with two attached hydrogens (primary N) is 1. The van der Waals surface area contributed by atoms with Gasteiger partial charge in [0.05, 0.1) is 34.0 Å². The number of benzene rings is 3. The van der Waals surface area contributed by atoms with Gasteiger partial charge in [0.2, 0.25) is 0 Å². The Balaban J connectivity index is 1.54. The summed E-state index contributed by atoms with van der Waals surface area (Å²) >= 11 is 0. The van der Waals surface area contributed by atoms with E-state index in [0.717, 1.165) is 56.5 Å². The molecule has 0 bridgehead atoms. The van der Waals surface area contributed by atoms with Gasteiger partial charge < -0.3 is 15.8 Å². The standard InChI is InChI=1S/C35H37F3N4O2/c1-22(2)44-27-11-12-28-30(20-27)40-32(23-7-6-10-25(19-23)35(36,37)38)29(21-42-17-13-26(39)14-18-42)31(28)33(43)41-34(15-16-34)24-8-4-3-5-9-24/h3-12,19-20,22,26H,13-18,21,39H2,1-2H3,(H,41,43). The van der Waals surface area contributed by atoms with Crippen molar-refractivity contribution in [3.8, 4) is 17.0 Å². The van der Waals surface area contributed by atoms with Crippen molar-refractivity contribution in [1.82, 2.24) is 15.2 Å². The first kappa shape index (κ1) is 30.1. The van der Waals surface area contributed by atoms with E-state index in [0.29, 0.717) is 45.6 Å². The van der Waals surface area contributed by atoms with Crippen LogP contribution < -0.4 is 15.8 Å². The Bertz CT molecular complexity index is 1660. The molecule has 1 saturated heterocycles. The number of carbonyl (C=O) groups excluding carboxylic acids is 1. The Morgan fingerprint density at radius 3 is 2.43 bits per heavy atom. The molecule has 4 aromatic rings. The molecule has 6 nitrogen and oxygen atoms in total. The number of hydrogen-bond acceptors (Lipinski definition) is 5. The molecule has 0 atom stereocenters. The van der Waals surface area contributed by atoms with Gasteiger partial charge in [0.1, 0.15) is 5.75 Å². The maximum atomic E-state index is 14.5. The zero-order chi connectivity index (χ0) is 31.1. The van der Waals surface area contributed by atoms with Gasteiger partial charge in [-0.25, -0.2) is 4.98 Å². The average molecular weight is 603 g/mol. The molecule has 9 heteroatoms. The van der Waals surface area contributed by atoms with Crippen molar-refractivity contribution < 1.29 is 22.7 Å². The van der Waals surface area contributed by atoms with Crippen molar-refractivity contribution in [3.63, 3.8) is 0 Å². The lowest BCUT2D eigenvalue weighted by atomic mass is 9.93. The van der Waals surface area contributed by atoms with Gasteiger partial charge in [-0.2, -0.15) is 13.2 Å². The Hall–Kier alpha value is -3.95. The van der Waals surface area contributed by atoms with Crippen molar-refractivity contribution in [2.24, 2.45) is 5.73 Å². The molecule has 0 unspecified atom stereocenters. The topological polar surface area (TPSA) is 80.5 Å². The van der Waals surface area contributed by atoms with Crippen molar-refractivity contribution in [2.75, 3.05) is 13.1 Å². The largest absolute Gasteiger partial charge is 0.491 e. The number of hydrogen-bond donors (Lipinski definition) is 2. The van der Waals surface area contributed by atoms with Gasteiger partial charge in [-0.05, 0) is 82.4 Å². The third-order valence-electron chi connectivity index (χ3n) is 8.56. The minimum Gasteiger partial charge on any atom is -0.491 e. The number of fused-ring (bicyclic) bond motifs is 1. The van der Waals surface area contributed by atoms with Crippen LogP contribution in [-0.2, 0) is 18.3 Å². The minimum absolute atomic E-state index is 0.0940. The van der Waals surface area contributed by atoms with E-state index in [9.17, 15) is 18.0 Å². The lowest BCUT2D eigenvalue weighted by Gasteiger charge is -2.31. The number of ether oxygens (including phenoxy) is 1. The second-order valence-electron chi connectivity index (χ2n) is 12.3.